The third kappa shape index (κ3) is 3.98. The quantitative estimate of drug-likeness (QED) is 0.696. The predicted octanol–water partition coefficient (Wildman–Crippen LogP) is 2.42. The highest BCUT2D eigenvalue weighted by molar-refractivity contribution is 6.01. The van der Waals surface area contributed by atoms with Gasteiger partial charge in [-0.2, -0.15) is 0 Å². The zero-order valence-corrected chi connectivity index (χ0v) is 14.5. The summed E-state index contributed by atoms with van der Waals surface area (Å²) in [5, 5.41) is 5.59. The van der Waals surface area contributed by atoms with Gasteiger partial charge in [0.05, 0.1) is 6.54 Å². The van der Waals surface area contributed by atoms with Gasteiger partial charge in [-0.05, 0) is 36.4 Å². The topological polar surface area (TPSA) is 87.5 Å². The highest BCUT2D eigenvalue weighted by Crippen LogP contribution is 2.19. The molecule has 1 saturated heterocycles. The lowest BCUT2D eigenvalue weighted by atomic mass is 10.2. The first-order chi connectivity index (χ1) is 13.2. The van der Waals surface area contributed by atoms with Crippen LogP contribution < -0.4 is 15.5 Å². The molecule has 0 bridgehead atoms. The average Bonchev–Trinajstić information content (AvgIpc) is 3.10. The SMILES string of the molecule is O=C(/C=C/c1nc2ccccc2o1)Nc1ccc(N2CCNC(=O)C2)cc1. The van der Waals surface area contributed by atoms with Crippen molar-refractivity contribution in [1.29, 1.82) is 0 Å². The summed E-state index contributed by atoms with van der Waals surface area (Å²) in [6.07, 6.45) is 2.92. The smallest absolute Gasteiger partial charge is 0.248 e. The number of carbonyl (C=O) groups excluding carboxylic acids is 2. The number of nitrogens with one attached hydrogen (secondary N) is 2. The van der Waals surface area contributed by atoms with Crippen molar-refractivity contribution in [1.82, 2.24) is 10.3 Å². The van der Waals surface area contributed by atoms with Crippen LogP contribution in [0.4, 0.5) is 11.4 Å². The maximum absolute atomic E-state index is 12.1. The fourth-order valence-electron chi connectivity index (χ4n) is 2.91. The van der Waals surface area contributed by atoms with E-state index >= 15 is 0 Å². The Labute approximate surface area is 155 Å². The Hall–Kier alpha value is -3.61. The first-order valence-corrected chi connectivity index (χ1v) is 8.64. The van der Waals surface area contributed by atoms with Crippen LogP contribution in [-0.4, -0.2) is 36.4 Å². The Bertz CT molecular complexity index is 974. The van der Waals surface area contributed by atoms with Crippen molar-refractivity contribution in [3.8, 4) is 0 Å². The van der Waals surface area contributed by atoms with Crippen LogP contribution >= 0.6 is 0 Å². The van der Waals surface area contributed by atoms with E-state index in [0.29, 0.717) is 30.3 Å². The monoisotopic (exact) mass is 362 g/mol. The van der Waals surface area contributed by atoms with E-state index in [1.807, 2.05) is 53.4 Å². The van der Waals surface area contributed by atoms with Crippen LogP contribution in [0, 0.1) is 0 Å². The molecule has 1 aliphatic heterocycles. The summed E-state index contributed by atoms with van der Waals surface area (Å²) in [5.41, 5.74) is 3.05. The van der Waals surface area contributed by atoms with E-state index in [9.17, 15) is 9.59 Å². The van der Waals surface area contributed by atoms with Crippen LogP contribution in [-0.2, 0) is 9.59 Å². The Morgan fingerprint density at radius 1 is 1.19 bits per heavy atom. The van der Waals surface area contributed by atoms with E-state index < -0.39 is 0 Å². The molecule has 0 atom stereocenters. The Kier molecular flexibility index (Phi) is 4.57. The molecule has 7 nitrogen and oxygen atoms in total. The summed E-state index contributed by atoms with van der Waals surface area (Å²) >= 11 is 0. The number of oxazole rings is 1. The molecule has 2 aromatic carbocycles. The first-order valence-electron chi connectivity index (χ1n) is 8.64. The molecule has 1 fully saturated rings. The van der Waals surface area contributed by atoms with Crippen molar-refractivity contribution < 1.29 is 14.0 Å². The van der Waals surface area contributed by atoms with Crippen LogP contribution in [0.1, 0.15) is 5.89 Å². The van der Waals surface area contributed by atoms with E-state index in [1.54, 1.807) is 0 Å². The van der Waals surface area contributed by atoms with Crippen molar-refractivity contribution in [2.75, 3.05) is 29.9 Å². The van der Waals surface area contributed by atoms with Crippen molar-refractivity contribution in [3.05, 3.63) is 60.5 Å². The molecule has 0 radical (unpaired) electrons. The van der Waals surface area contributed by atoms with Crippen LogP contribution in [0.25, 0.3) is 17.2 Å². The molecule has 27 heavy (non-hydrogen) atoms. The van der Waals surface area contributed by atoms with Gasteiger partial charge in [-0.3, -0.25) is 9.59 Å². The van der Waals surface area contributed by atoms with Crippen molar-refractivity contribution in [2.45, 2.75) is 0 Å². The number of para-hydroxylation sites is 2. The minimum absolute atomic E-state index is 0.0166. The summed E-state index contributed by atoms with van der Waals surface area (Å²) in [6, 6.07) is 14.8. The molecule has 0 aliphatic carbocycles. The number of nitrogens with zero attached hydrogens (tertiary/aromatic N) is 2. The molecule has 1 aliphatic rings. The molecular formula is C20H18N4O3. The van der Waals surface area contributed by atoms with Crippen LogP contribution in [0.5, 0.6) is 0 Å². The molecule has 2 amide bonds. The molecular weight excluding hydrogens is 344 g/mol. The van der Waals surface area contributed by atoms with Crippen molar-refractivity contribution in [2.24, 2.45) is 0 Å². The second-order valence-electron chi connectivity index (χ2n) is 6.16. The third-order valence-electron chi connectivity index (χ3n) is 4.23. The molecule has 136 valence electrons. The molecule has 0 spiro atoms. The average molecular weight is 362 g/mol. The molecule has 0 unspecified atom stereocenters. The second-order valence-corrected chi connectivity index (χ2v) is 6.16. The van der Waals surface area contributed by atoms with E-state index in [0.717, 1.165) is 17.7 Å². The van der Waals surface area contributed by atoms with Crippen molar-refractivity contribution >= 4 is 40.4 Å². The van der Waals surface area contributed by atoms with Gasteiger partial charge in [0.2, 0.25) is 17.7 Å². The normalized spacial score (nSPS) is 14.5. The zero-order valence-electron chi connectivity index (χ0n) is 14.5. The van der Waals surface area contributed by atoms with Crippen LogP contribution in [0.2, 0.25) is 0 Å². The molecule has 4 rings (SSSR count). The number of hydrogen-bond acceptors (Lipinski definition) is 5. The van der Waals surface area contributed by atoms with Gasteiger partial charge < -0.3 is 20.0 Å². The van der Waals surface area contributed by atoms with Gasteiger partial charge in [-0.25, -0.2) is 4.98 Å². The Morgan fingerprint density at radius 3 is 2.78 bits per heavy atom. The fraction of sp³-hybridized carbons (Fsp3) is 0.150. The van der Waals surface area contributed by atoms with E-state index in [-0.39, 0.29) is 11.8 Å². The number of anilines is 2. The zero-order chi connectivity index (χ0) is 18.6. The lowest BCUT2D eigenvalue weighted by Gasteiger charge is -2.28. The Morgan fingerprint density at radius 2 is 2.00 bits per heavy atom. The first kappa shape index (κ1) is 16.8. The van der Waals surface area contributed by atoms with Gasteiger partial charge in [-0.1, -0.05) is 12.1 Å². The second kappa shape index (κ2) is 7.33. The fourth-order valence-corrected chi connectivity index (χ4v) is 2.91. The maximum Gasteiger partial charge on any atom is 0.248 e. The largest absolute Gasteiger partial charge is 0.437 e. The third-order valence-corrected chi connectivity index (χ3v) is 4.23. The van der Waals surface area contributed by atoms with E-state index in [1.165, 1.54) is 12.2 Å². The predicted molar refractivity (Wildman–Crippen MR) is 103 cm³/mol. The van der Waals surface area contributed by atoms with E-state index in [2.05, 4.69) is 15.6 Å². The van der Waals surface area contributed by atoms with Crippen molar-refractivity contribution in [3.63, 3.8) is 0 Å². The van der Waals surface area contributed by atoms with Crippen LogP contribution in [0.15, 0.2) is 59.0 Å². The number of fused-ring (bicyclic) bond motifs is 1. The maximum atomic E-state index is 12.1. The summed E-state index contributed by atoms with van der Waals surface area (Å²) in [7, 11) is 0. The Balaban J connectivity index is 1.38. The highest BCUT2D eigenvalue weighted by Gasteiger charge is 2.16. The lowest BCUT2D eigenvalue weighted by molar-refractivity contribution is -0.120. The molecule has 1 aromatic heterocycles. The number of piperazine rings is 1. The number of benzene rings is 2. The summed E-state index contributed by atoms with van der Waals surface area (Å²) in [5.74, 6) is 0.121. The van der Waals surface area contributed by atoms with Gasteiger partial charge in [0.25, 0.3) is 0 Å². The summed E-state index contributed by atoms with van der Waals surface area (Å²) in [4.78, 5) is 29.9. The van der Waals surface area contributed by atoms with Gasteiger partial charge in [0.1, 0.15) is 5.52 Å². The molecule has 3 aromatic rings. The van der Waals surface area contributed by atoms with Crippen LogP contribution in [0.3, 0.4) is 0 Å². The highest BCUT2D eigenvalue weighted by atomic mass is 16.3. The number of hydrogen-bond donors (Lipinski definition) is 2. The molecule has 2 N–H and O–H groups in total. The van der Waals surface area contributed by atoms with Gasteiger partial charge in [0, 0.05) is 36.6 Å². The number of amides is 2. The summed E-state index contributed by atoms with van der Waals surface area (Å²) in [6.45, 7) is 1.75. The number of carbonyl (C=O) groups is 2. The number of rotatable bonds is 4. The number of aromatic nitrogens is 1. The van der Waals surface area contributed by atoms with E-state index in [4.69, 9.17) is 4.42 Å². The lowest BCUT2D eigenvalue weighted by Crippen LogP contribution is -2.47. The summed E-state index contributed by atoms with van der Waals surface area (Å²) < 4.78 is 5.54. The minimum Gasteiger partial charge on any atom is -0.437 e. The standard InChI is InChI=1S/C20H18N4O3/c25-18(9-10-20-23-16-3-1-2-4-17(16)27-20)22-14-5-7-15(8-6-14)24-12-11-21-19(26)13-24/h1-10H,11-13H2,(H,21,26)(H,22,25)/b10-9+. The molecule has 2 heterocycles. The molecule has 0 saturated carbocycles. The van der Waals surface area contributed by atoms with Gasteiger partial charge in [-0.15, -0.1) is 0 Å². The molecule has 7 heteroatoms. The minimum atomic E-state index is -0.276. The van der Waals surface area contributed by atoms with Gasteiger partial charge in [0.15, 0.2) is 5.58 Å². The van der Waals surface area contributed by atoms with Gasteiger partial charge >= 0.3 is 0 Å².